The average Bonchev–Trinajstić information content (AvgIpc) is 2.16. The van der Waals surface area contributed by atoms with E-state index in [9.17, 15) is 13.2 Å². The second-order valence-electron chi connectivity index (χ2n) is 3.24. The first-order valence-corrected chi connectivity index (χ1v) is 4.96. The highest BCUT2D eigenvalue weighted by Gasteiger charge is 2.39. The van der Waals surface area contributed by atoms with Crippen molar-refractivity contribution in [1.29, 1.82) is 0 Å². The van der Waals surface area contributed by atoms with E-state index in [4.69, 9.17) is 22.1 Å². The third kappa shape index (κ3) is 3.90. The normalized spacial score (nSPS) is 13.6. The van der Waals surface area contributed by atoms with Crippen LogP contribution in [0.4, 0.5) is 13.2 Å². The van der Waals surface area contributed by atoms with Gasteiger partial charge in [-0.1, -0.05) is 17.7 Å². The summed E-state index contributed by atoms with van der Waals surface area (Å²) in [6, 6.07) is 6.20. The topological polar surface area (TPSA) is 35.2 Å². The molecule has 0 fully saturated rings. The molecule has 1 unspecified atom stereocenters. The van der Waals surface area contributed by atoms with Gasteiger partial charge in [0.2, 0.25) is 0 Å². The van der Waals surface area contributed by atoms with Crippen LogP contribution in [0.25, 0.3) is 0 Å². The highest BCUT2D eigenvalue weighted by molar-refractivity contribution is 6.30. The second kappa shape index (κ2) is 5.41. The third-order valence-electron chi connectivity index (χ3n) is 1.99. The molecule has 1 atom stereocenters. The molecule has 2 N–H and O–H groups in total. The molecule has 0 amide bonds. The third-order valence-corrected chi connectivity index (χ3v) is 2.23. The van der Waals surface area contributed by atoms with Gasteiger partial charge in [-0.05, 0) is 18.2 Å². The summed E-state index contributed by atoms with van der Waals surface area (Å²) in [6.45, 7) is -0.996. The monoisotopic (exact) mass is 253 g/mol. The Labute approximate surface area is 96.1 Å². The van der Waals surface area contributed by atoms with E-state index in [2.05, 4.69) is 0 Å². The Hall–Kier alpha value is -0.940. The molecule has 1 rings (SSSR count). The lowest BCUT2D eigenvalue weighted by Crippen LogP contribution is -2.35. The molecule has 0 aromatic heterocycles. The van der Waals surface area contributed by atoms with Gasteiger partial charge in [-0.25, -0.2) is 0 Å². The Balaban J connectivity index is 2.56. The van der Waals surface area contributed by atoms with E-state index in [0.29, 0.717) is 10.8 Å². The summed E-state index contributed by atoms with van der Waals surface area (Å²) in [5.74, 6) is -1.36. The molecule has 16 heavy (non-hydrogen) atoms. The average molecular weight is 254 g/mol. The van der Waals surface area contributed by atoms with E-state index in [1.807, 2.05) is 0 Å². The van der Waals surface area contributed by atoms with Gasteiger partial charge in [-0.3, -0.25) is 0 Å². The van der Waals surface area contributed by atoms with Crippen molar-refractivity contribution in [2.24, 2.45) is 11.7 Å². The Morgan fingerprint density at radius 3 is 2.56 bits per heavy atom. The first kappa shape index (κ1) is 13.1. The fourth-order valence-corrected chi connectivity index (χ4v) is 1.23. The molecule has 1 aromatic carbocycles. The Kier molecular flexibility index (Phi) is 4.44. The van der Waals surface area contributed by atoms with Gasteiger partial charge in [-0.2, -0.15) is 13.2 Å². The van der Waals surface area contributed by atoms with Gasteiger partial charge in [0.25, 0.3) is 0 Å². The van der Waals surface area contributed by atoms with Crippen LogP contribution in [-0.2, 0) is 0 Å². The minimum atomic E-state index is -4.34. The van der Waals surface area contributed by atoms with Crippen molar-refractivity contribution < 1.29 is 17.9 Å². The van der Waals surface area contributed by atoms with Crippen LogP contribution in [0.1, 0.15) is 0 Å². The quantitative estimate of drug-likeness (QED) is 0.896. The maximum atomic E-state index is 12.3. The van der Waals surface area contributed by atoms with E-state index in [0.717, 1.165) is 0 Å². The lowest BCUT2D eigenvalue weighted by molar-refractivity contribution is -0.178. The van der Waals surface area contributed by atoms with Crippen LogP contribution in [0, 0.1) is 5.92 Å². The number of alkyl halides is 3. The molecule has 0 aliphatic carbocycles. The SMILES string of the molecule is NCC(COc1cccc(Cl)c1)C(F)(F)F. The fourth-order valence-electron chi connectivity index (χ4n) is 1.05. The zero-order valence-corrected chi connectivity index (χ0v) is 9.05. The predicted octanol–water partition coefficient (Wildman–Crippen LogP) is 2.86. The van der Waals surface area contributed by atoms with Crippen molar-refractivity contribution in [2.45, 2.75) is 6.18 Å². The fraction of sp³-hybridized carbons (Fsp3) is 0.400. The van der Waals surface area contributed by atoms with Crippen LogP contribution in [-0.4, -0.2) is 19.3 Å². The van der Waals surface area contributed by atoms with Gasteiger partial charge < -0.3 is 10.5 Å². The first-order valence-electron chi connectivity index (χ1n) is 4.58. The molecule has 6 heteroatoms. The molecule has 0 bridgehead atoms. The summed E-state index contributed by atoms with van der Waals surface area (Å²) in [5, 5.41) is 0.411. The molecule has 0 saturated carbocycles. The number of rotatable bonds is 4. The summed E-state index contributed by atoms with van der Waals surface area (Å²) in [4.78, 5) is 0. The van der Waals surface area contributed by atoms with Crippen LogP contribution in [0.15, 0.2) is 24.3 Å². The van der Waals surface area contributed by atoms with Crippen molar-refractivity contribution in [2.75, 3.05) is 13.2 Å². The molecule has 90 valence electrons. The van der Waals surface area contributed by atoms with Crippen LogP contribution in [0.3, 0.4) is 0 Å². The number of benzene rings is 1. The second-order valence-corrected chi connectivity index (χ2v) is 3.68. The van der Waals surface area contributed by atoms with Crippen molar-refractivity contribution in [3.63, 3.8) is 0 Å². The standard InChI is InChI=1S/C10H11ClF3NO/c11-8-2-1-3-9(4-8)16-6-7(5-15)10(12,13)14/h1-4,7H,5-6,15H2. The number of hydrogen-bond acceptors (Lipinski definition) is 2. The largest absolute Gasteiger partial charge is 0.493 e. The smallest absolute Gasteiger partial charge is 0.396 e. The van der Waals surface area contributed by atoms with Crippen LogP contribution in [0.2, 0.25) is 5.02 Å². The van der Waals surface area contributed by atoms with Gasteiger partial charge in [-0.15, -0.1) is 0 Å². The van der Waals surface area contributed by atoms with E-state index >= 15 is 0 Å². The van der Waals surface area contributed by atoms with Crippen molar-refractivity contribution >= 4 is 11.6 Å². The molecule has 0 saturated heterocycles. The number of nitrogens with two attached hydrogens (primary N) is 1. The van der Waals surface area contributed by atoms with Crippen molar-refractivity contribution in [1.82, 2.24) is 0 Å². The number of hydrogen-bond donors (Lipinski definition) is 1. The summed E-state index contributed by atoms with van der Waals surface area (Å²) in [7, 11) is 0. The first-order chi connectivity index (χ1) is 7.43. The minimum Gasteiger partial charge on any atom is -0.493 e. The van der Waals surface area contributed by atoms with E-state index in [1.165, 1.54) is 12.1 Å². The van der Waals surface area contributed by atoms with E-state index < -0.39 is 25.2 Å². The van der Waals surface area contributed by atoms with Gasteiger partial charge in [0.05, 0.1) is 0 Å². The zero-order chi connectivity index (χ0) is 12.2. The highest BCUT2D eigenvalue weighted by atomic mass is 35.5. The van der Waals surface area contributed by atoms with E-state index in [-0.39, 0.29) is 0 Å². The van der Waals surface area contributed by atoms with Gasteiger partial charge in [0.15, 0.2) is 0 Å². The molecule has 0 aliphatic rings. The lowest BCUT2D eigenvalue weighted by atomic mass is 10.1. The number of ether oxygens (including phenoxy) is 1. The molecule has 0 radical (unpaired) electrons. The number of halogens is 4. The Morgan fingerprint density at radius 2 is 2.06 bits per heavy atom. The van der Waals surface area contributed by atoms with E-state index in [1.54, 1.807) is 12.1 Å². The van der Waals surface area contributed by atoms with Crippen molar-refractivity contribution in [3.8, 4) is 5.75 Å². The maximum absolute atomic E-state index is 12.3. The molecular weight excluding hydrogens is 243 g/mol. The maximum Gasteiger partial charge on any atom is 0.396 e. The molecule has 1 aromatic rings. The molecule has 0 heterocycles. The Morgan fingerprint density at radius 1 is 1.38 bits per heavy atom. The lowest BCUT2D eigenvalue weighted by Gasteiger charge is -2.18. The zero-order valence-electron chi connectivity index (χ0n) is 8.30. The minimum absolute atomic E-state index is 0.301. The molecule has 0 aliphatic heterocycles. The van der Waals surface area contributed by atoms with Gasteiger partial charge >= 0.3 is 6.18 Å². The summed E-state index contributed by atoms with van der Waals surface area (Å²) in [6.07, 6.45) is -4.34. The Bertz CT molecular complexity index is 343. The van der Waals surface area contributed by atoms with Crippen LogP contribution >= 0.6 is 11.6 Å². The van der Waals surface area contributed by atoms with Crippen LogP contribution in [0.5, 0.6) is 5.75 Å². The highest BCUT2D eigenvalue weighted by Crippen LogP contribution is 2.26. The van der Waals surface area contributed by atoms with Crippen LogP contribution < -0.4 is 10.5 Å². The summed E-state index contributed by atoms with van der Waals surface area (Å²) >= 11 is 5.66. The molecule has 2 nitrogen and oxygen atoms in total. The van der Waals surface area contributed by atoms with Gasteiger partial charge in [0.1, 0.15) is 18.3 Å². The van der Waals surface area contributed by atoms with Gasteiger partial charge in [0, 0.05) is 11.6 Å². The summed E-state index contributed by atoms with van der Waals surface area (Å²) in [5.41, 5.74) is 5.03. The summed E-state index contributed by atoms with van der Waals surface area (Å²) < 4.78 is 41.9. The molecule has 0 spiro atoms. The van der Waals surface area contributed by atoms with Crippen molar-refractivity contribution in [3.05, 3.63) is 29.3 Å². The molecular formula is C10H11ClF3NO. The predicted molar refractivity (Wildman–Crippen MR) is 55.5 cm³/mol.